The highest BCUT2D eigenvalue weighted by molar-refractivity contribution is 5.78. The Labute approximate surface area is 191 Å². The molecule has 0 aliphatic carbocycles. The van der Waals surface area contributed by atoms with E-state index in [0.717, 1.165) is 35.7 Å². The van der Waals surface area contributed by atoms with Crippen LogP contribution in [-0.2, 0) is 11.2 Å². The largest absolute Gasteiger partial charge is 0.497 e. The summed E-state index contributed by atoms with van der Waals surface area (Å²) < 4.78 is 16.8. The summed E-state index contributed by atoms with van der Waals surface area (Å²) in [5.74, 6) is 2.63. The van der Waals surface area contributed by atoms with Crippen LogP contribution in [0.2, 0.25) is 0 Å². The van der Waals surface area contributed by atoms with Crippen molar-refractivity contribution in [3.63, 3.8) is 0 Å². The number of carbonyl (C=O) groups is 1. The molecule has 32 heavy (non-hydrogen) atoms. The molecule has 2 unspecified atom stereocenters. The van der Waals surface area contributed by atoms with E-state index < -0.39 is 0 Å². The van der Waals surface area contributed by atoms with Gasteiger partial charge >= 0.3 is 0 Å². The number of amides is 1. The zero-order chi connectivity index (χ0) is 23.1. The molecule has 1 heterocycles. The van der Waals surface area contributed by atoms with Crippen molar-refractivity contribution in [2.24, 2.45) is 5.92 Å². The lowest BCUT2D eigenvalue weighted by molar-refractivity contribution is -0.123. The quantitative estimate of drug-likeness (QED) is 0.632. The average molecular weight is 441 g/mol. The number of ether oxygens (including phenoxy) is 3. The van der Waals surface area contributed by atoms with E-state index in [1.807, 2.05) is 37.4 Å². The number of rotatable bonds is 9. The first kappa shape index (κ1) is 23.9. The van der Waals surface area contributed by atoms with Crippen molar-refractivity contribution in [3.05, 3.63) is 53.6 Å². The summed E-state index contributed by atoms with van der Waals surface area (Å²) in [4.78, 5) is 15.0. The van der Waals surface area contributed by atoms with Crippen LogP contribution >= 0.6 is 0 Å². The van der Waals surface area contributed by atoms with E-state index in [4.69, 9.17) is 14.2 Å². The Balaban J connectivity index is 1.60. The zero-order valence-corrected chi connectivity index (χ0v) is 19.9. The lowest BCUT2D eigenvalue weighted by Gasteiger charge is -2.28. The smallest absolute Gasteiger partial charge is 0.234 e. The van der Waals surface area contributed by atoms with Crippen LogP contribution in [0.4, 0.5) is 0 Å². The third kappa shape index (κ3) is 6.39. The SMILES string of the molecule is COc1ccc(CC(C)N(C)CC(=O)NC(c2ccc3c(c2)OCCCO3)C(C)C)cc1. The first-order chi connectivity index (χ1) is 15.4. The zero-order valence-electron chi connectivity index (χ0n) is 19.9. The van der Waals surface area contributed by atoms with Crippen molar-refractivity contribution in [1.29, 1.82) is 0 Å². The molecule has 1 aliphatic heterocycles. The molecule has 6 nitrogen and oxygen atoms in total. The van der Waals surface area contributed by atoms with Crippen molar-refractivity contribution < 1.29 is 19.0 Å². The standard InChI is InChI=1S/C26H36N2O4/c1-18(2)26(21-9-12-23-24(16-21)32-14-6-13-31-23)27-25(29)17-28(4)19(3)15-20-7-10-22(30-5)11-8-20/h7-12,16,18-19,26H,6,13-15,17H2,1-5H3,(H,27,29). The molecule has 0 spiro atoms. The van der Waals surface area contributed by atoms with Crippen LogP contribution in [0, 0.1) is 5.92 Å². The molecule has 1 N–H and O–H groups in total. The predicted octanol–water partition coefficient (Wildman–Crippen LogP) is 4.23. The van der Waals surface area contributed by atoms with E-state index >= 15 is 0 Å². The minimum absolute atomic E-state index is 0.0138. The lowest BCUT2D eigenvalue weighted by Crippen LogP contribution is -2.42. The van der Waals surface area contributed by atoms with Gasteiger partial charge in [-0.2, -0.15) is 0 Å². The van der Waals surface area contributed by atoms with Gasteiger partial charge in [0.25, 0.3) is 0 Å². The average Bonchev–Trinajstić information content (AvgIpc) is 3.02. The molecule has 6 heteroatoms. The Morgan fingerprint density at radius 2 is 1.75 bits per heavy atom. The molecule has 1 amide bonds. The van der Waals surface area contributed by atoms with E-state index in [-0.39, 0.29) is 23.9 Å². The molecule has 0 radical (unpaired) electrons. The molecule has 0 bridgehead atoms. The van der Waals surface area contributed by atoms with E-state index in [9.17, 15) is 4.79 Å². The van der Waals surface area contributed by atoms with E-state index in [1.54, 1.807) is 7.11 Å². The molecule has 0 fully saturated rings. The Hall–Kier alpha value is -2.73. The summed E-state index contributed by atoms with van der Waals surface area (Å²) >= 11 is 0. The third-order valence-electron chi connectivity index (χ3n) is 5.95. The predicted molar refractivity (Wildman–Crippen MR) is 127 cm³/mol. The minimum Gasteiger partial charge on any atom is -0.497 e. The number of methoxy groups -OCH3 is 1. The molecule has 3 rings (SSSR count). The van der Waals surface area contributed by atoms with Crippen molar-refractivity contribution in [2.75, 3.05) is 33.9 Å². The number of hydrogen-bond donors (Lipinski definition) is 1. The summed E-state index contributed by atoms with van der Waals surface area (Å²) in [5, 5.41) is 3.23. The van der Waals surface area contributed by atoms with Gasteiger partial charge in [0, 0.05) is 12.5 Å². The van der Waals surface area contributed by atoms with Crippen LogP contribution in [0.25, 0.3) is 0 Å². The van der Waals surface area contributed by atoms with E-state index in [0.29, 0.717) is 19.8 Å². The van der Waals surface area contributed by atoms with Gasteiger partial charge < -0.3 is 19.5 Å². The van der Waals surface area contributed by atoms with Gasteiger partial charge in [0.15, 0.2) is 11.5 Å². The highest BCUT2D eigenvalue weighted by Gasteiger charge is 2.22. The molecule has 2 atom stereocenters. The molecular formula is C26H36N2O4. The van der Waals surface area contributed by atoms with E-state index in [2.05, 4.69) is 43.1 Å². The Morgan fingerprint density at radius 1 is 1.06 bits per heavy atom. The molecule has 0 aromatic heterocycles. The summed E-state index contributed by atoms with van der Waals surface area (Å²) in [5.41, 5.74) is 2.25. The van der Waals surface area contributed by atoms with Crippen LogP contribution in [0.5, 0.6) is 17.2 Å². The fourth-order valence-corrected chi connectivity index (χ4v) is 3.87. The number of likely N-dealkylation sites (N-methyl/N-ethyl adjacent to an activating group) is 1. The van der Waals surface area contributed by atoms with Gasteiger partial charge in [-0.05, 0) is 61.7 Å². The second kappa shape index (κ2) is 11.2. The van der Waals surface area contributed by atoms with Gasteiger partial charge in [0.05, 0.1) is 32.9 Å². The number of carbonyl (C=O) groups excluding carboxylic acids is 1. The minimum atomic E-state index is -0.0926. The normalized spacial score (nSPS) is 15.2. The van der Waals surface area contributed by atoms with Crippen LogP contribution < -0.4 is 19.5 Å². The van der Waals surface area contributed by atoms with Crippen molar-refractivity contribution >= 4 is 5.91 Å². The second-order valence-electron chi connectivity index (χ2n) is 8.86. The first-order valence-electron chi connectivity index (χ1n) is 11.4. The number of nitrogens with zero attached hydrogens (tertiary/aromatic N) is 1. The maximum Gasteiger partial charge on any atom is 0.234 e. The topological polar surface area (TPSA) is 60.0 Å². The fraction of sp³-hybridized carbons (Fsp3) is 0.500. The summed E-state index contributed by atoms with van der Waals surface area (Å²) in [6.07, 6.45) is 1.74. The molecular weight excluding hydrogens is 404 g/mol. The maximum atomic E-state index is 12.9. The van der Waals surface area contributed by atoms with Crippen molar-refractivity contribution in [1.82, 2.24) is 10.2 Å². The van der Waals surface area contributed by atoms with Gasteiger partial charge in [0.1, 0.15) is 5.75 Å². The Bertz CT molecular complexity index is 882. The van der Waals surface area contributed by atoms with Crippen LogP contribution in [-0.4, -0.2) is 50.8 Å². The summed E-state index contributed by atoms with van der Waals surface area (Å²) in [6, 6.07) is 14.2. The second-order valence-corrected chi connectivity index (χ2v) is 8.86. The highest BCUT2D eigenvalue weighted by Crippen LogP contribution is 2.34. The van der Waals surface area contributed by atoms with Gasteiger partial charge in [-0.25, -0.2) is 0 Å². The van der Waals surface area contributed by atoms with Gasteiger partial charge in [-0.3, -0.25) is 9.69 Å². The van der Waals surface area contributed by atoms with Gasteiger partial charge in [0.2, 0.25) is 5.91 Å². The van der Waals surface area contributed by atoms with Gasteiger partial charge in [-0.1, -0.05) is 32.0 Å². The molecule has 0 saturated carbocycles. The Kier molecular flexibility index (Phi) is 8.39. The maximum absolute atomic E-state index is 12.9. The van der Waals surface area contributed by atoms with Crippen LogP contribution in [0.3, 0.4) is 0 Å². The van der Waals surface area contributed by atoms with Crippen LogP contribution in [0.1, 0.15) is 44.4 Å². The number of benzene rings is 2. The van der Waals surface area contributed by atoms with Gasteiger partial charge in [-0.15, -0.1) is 0 Å². The van der Waals surface area contributed by atoms with Crippen LogP contribution in [0.15, 0.2) is 42.5 Å². The molecule has 0 saturated heterocycles. The summed E-state index contributed by atoms with van der Waals surface area (Å²) in [6.45, 7) is 8.02. The number of fused-ring (bicyclic) bond motifs is 1. The molecule has 2 aromatic carbocycles. The van der Waals surface area contributed by atoms with Crippen molar-refractivity contribution in [3.8, 4) is 17.2 Å². The summed E-state index contributed by atoms with van der Waals surface area (Å²) in [7, 11) is 3.66. The Morgan fingerprint density at radius 3 is 2.41 bits per heavy atom. The van der Waals surface area contributed by atoms with E-state index in [1.165, 1.54) is 5.56 Å². The monoisotopic (exact) mass is 440 g/mol. The molecule has 2 aromatic rings. The first-order valence-corrected chi connectivity index (χ1v) is 11.4. The number of nitrogens with one attached hydrogen (secondary N) is 1. The molecule has 1 aliphatic rings. The third-order valence-corrected chi connectivity index (χ3v) is 5.95. The molecule has 174 valence electrons. The highest BCUT2D eigenvalue weighted by atomic mass is 16.5. The lowest BCUT2D eigenvalue weighted by atomic mass is 9.95. The van der Waals surface area contributed by atoms with Crippen molar-refractivity contribution in [2.45, 2.75) is 45.7 Å². The number of hydrogen-bond acceptors (Lipinski definition) is 5. The fourth-order valence-electron chi connectivity index (χ4n) is 3.87.